The summed E-state index contributed by atoms with van der Waals surface area (Å²) in [4.78, 5) is 13.8. The lowest BCUT2D eigenvalue weighted by Crippen LogP contribution is -2.48. The average molecular weight is 228 g/mol. The molecule has 0 heterocycles. The van der Waals surface area contributed by atoms with Crippen molar-refractivity contribution in [2.45, 2.75) is 57.7 Å². The van der Waals surface area contributed by atoms with Crippen molar-refractivity contribution in [3.8, 4) is 0 Å². The third-order valence-corrected chi connectivity index (χ3v) is 3.62. The van der Waals surface area contributed by atoms with Crippen molar-refractivity contribution in [2.24, 2.45) is 5.73 Å². The largest absolute Gasteiger partial charge is 0.468 e. The van der Waals surface area contributed by atoms with Crippen LogP contribution in [-0.4, -0.2) is 42.6 Å². The van der Waals surface area contributed by atoms with Gasteiger partial charge in [0.1, 0.15) is 6.04 Å². The van der Waals surface area contributed by atoms with Crippen LogP contribution in [0.1, 0.15) is 39.5 Å². The zero-order valence-corrected chi connectivity index (χ0v) is 10.6. The topological polar surface area (TPSA) is 55.6 Å². The van der Waals surface area contributed by atoms with Gasteiger partial charge in [0, 0.05) is 12.1 Å². The first-order chi connectivity index (χ1) is 7.60. The third-order valence-electron chi connectivity index (χ3n) is 3.62. The van der Waals surface area contributed by atoms with E-state index in [0.29, 0.717) is 12.1 Å². The molecular formula is C12H24N2O2. The molecule has 1 aliphatic carbocycles. The predicted molar refractivity (Wildman–Crippen MR) is 64.1 cm³/mol. The van der Waals surface area contributed by atoms with Crippen LogP contribution in [-0.2, 0) is 9.53 Å². The monoisotopic (exact) mass is 228 g/mol. The van der Waals surface area contributed by atoms with E-state index in [9.17, 15) is 4.79 Å². The first kappa shape index (κ1) is 13.5. The molecular weight excluding hydrogens is 204 g/mol. The van der Waals surface area contributed by atoms with Crippen molar-refractivity contribution in [3.63, 3.8) is 0 Å². The summed E-state index contributed by atoms with van der Waals surface area (Å²) in [6, 6.07) is 0.691. The van der Waals surface area contributed by atoms with E-state index in [0.717, 1.165) is 32.2 Å². The van der Waals surface area contributed by atoms with E-state index in [2.05, 4.69) is 11.8 Å². The molecule has 1 rings (SSSR count). The van der Waals surface area contributed by atoms with Gasteiger partial charge in [0.25, 0.3) is 0 Å². The van der Waals surface area contributed by atoms with Gasteiger partial charge >= 0.3 is 5.97 Å². The summed E-state index contributed by atoms with van der Waals surface area (Å²) in [6.07, 6.45) is 4.32. The number of rotatable bonds is 4. The lowest BCUT2D eigenvalue weighted by atomic mass is 9.90. The standard InChI is InChI=1S/C12H24N2O2/c1-4-14(9(2)12(15)16-3)11-7-5-10(13)6-8-11/h9-11H,4-8,13H2,1-3H3. The average Bonchev–Trinajstić information content (AvgIpc) is 2.31. The van der Waals surface area contributed by atoms with Crippen LogP contribution in [0.25, 0.3) is 0 Å². The molecule has 0 bridgehead atoms. The Morgan fingerprint density at radius 1 is 1.44 bits per heavy atom. The van der Waals surface area contributed by atoms with E-state index in [4.69, 9.17) is 10.5 Å². The Labute approximate surface area is 98.1 Å². The van der Waals surface area contributed by atoms with E-state index in [1.807, 2.05) is 6.92 Å². The highest BCUT2D eigenvalue weighted by Gasteiger charge is 2.29. The summed E-state index contributed by atoms with van der Waals surface area (Å²) < 4.78 is 4.80. The highest BCUT2D eigenvalue weighted by Crippen LogP contribution is 2.23. The van der Waals surface area contributed by atoms with Gasteiger partial charge in [0.05, 0.1) is 7.11 Å². The van der Waals surface area contributed by atoms with Gasteiger partial charge in [0.2, 0.25) is 0 Å². The fourth-order valence-corrected chi connectivity index (χ4v) is 2.59. The van der Waals surface area contributed by atoms with E-state index in [-0.39, 0.29) is 12.0 Å². The van der Waals surface area contributed by atoms with Crippen molar-refractivity contribution in [1.82, 2.24) is 4.90 Å². The third kappa shape index (κ3) is 3.19. The lowest BCUT2D eigenvalue weighted by Gasteiger charge is -2.37. The Morgan fingerprint density at radius 2 is 2.00 bits per heavy atom. The van der Waals surface area contributed by atoms with Crippen LogP contribution in [0.2, 0.25) is 0 Å². The molecule has 0 aromatic rings. The molecule has 16 heavy (non-hydrogen) atoms. The van der Waals surface area contributed by atoms with Crippen LogP contribution in [0.5, 0.6) is 0 Å². The van der Waals surface area contributed by atoms with Gasteiger partial charge in [-0.3, -0.25) is 9.69 Å². The fraction of sp³-hybridized carbons (Fsp3) is 0.917. The Morgan fingerprint density at radius 3 is 2.44 bits per heavy atom. The Bertz CT molecular complexity index is 225. The molecule has 0 aliphatic heterocycles. The summed E-state index contributed by atoms with van der Waals surface area (Å²) in [5.41, 5.74) is 5.89. The molecule has 4 heteroatoms. The van der Waals surface area contributed by atoms with Crippen LogP contribution in [0.4, 0.5) is 0 Å². The molecule has 0 radical (unpaired) electrons. The smallest absolute Gasteiger partial charge is 0.322 e. The minimum Gasteiger partial charge on any atom is -0.468 e. The molecule has 0 spiro atoms. The van der Waals surface area contributed by atoms with Gasteiger partial charge in [-0.1, -0.05) is 6.92 Å². The van der Waals surface area contributed by atoms with Gasteiger partial charge in [0.15, 0.2) is 0 Å². The fourth-order valence-electron chi connectivity index (χ4n) is 2.59. The van der Waals surface area contributed by atoms with Gasteiger partial charge in [-0.25, -0.2) is 0 Å². The molecule has 4 nitrogen and oxygen atoms in total. The van der Waals surface area contributed by atoms with Crippen molar-refractivity contribution in [1.29, 1.82) is 0 Å². The van der Waals surface area contributed by atoms with E-state index in [1.165, 1.54) is 7.11 Å². The summed E-state index contributed by atoms with van der Waals surface area (Å²) in [6.45, 7) is 4.90. The Kier molecular flexibility index (Phi) is 5.22. The van der Waals surface area contributed by atoms with Crippen molar-refractivity contribution in [3.05, 3.63) is 0 Å². The molecule has 1 aliphatic rings. The lowest BCUT2D eigenvalue weighted by molar-refractivity contribution is -0.147. The highest BCUT2D eigenvalue weighted by atomic mass is 16.5. The maximum absolute atomic E-state index is 11.5. The van der Waals surface area contributed by atoms with Crippen LogP contribution >= 0.6 is 0 Å². The molecule has 2 N–H and O–H groups in total. The maximum atomic E-state index is 11.5. The maximum Gasteiger partial charge on any atom is 0.322 e. The van der Waals surface area contributed by atoms with E-state index in [1.54, 1.807) is 0 Å². The van der Waals surface area contributed by atoms with Gasteiger partial charge < -0.3 is 10.5 Å². The summed E-state index contributed by atoms with van der Waals surface area (Å²) >= 11 is 0. The number of nitrogens with zero attached hydrogens (tertiary/aromatic N) is 1. The number of hydrogen-bond donors (Lipinski definition) is 1. The summed E-state index contributed by atoms with van der Waals surface area (Å²) in [7, 11) is 1.45. The van der Waals surface area contributed by atoms with Crippen molar-refractivity contribution >= 4 is 5.97 Å². The first-order valence-corrected chi connectivity index (χ1v) is 6.19. The second-order valence-corrected chi connectivity index (χ2v) is 4.60. The zero-order chi connectivity index (χ0) is 12.1. The molecule has 0 aromatic carbocycles. The molecule has 0 saturated heterocycles. The van der Waals surface area contributed by atoms with Gasteiger partial charge in [-0.05, 0) is 39.2 Å². The predicted octanol–water partition coefficient (Wildman–Crippen LogP) is 1.14. The number of ether oxygens (including phenoxy) is 1. The molecule has 0 amide bonds. The number of esters is 1. The zero-order valence-electron chi connectivity index (χ0n) is 10.6. The summed E-state index contributed by atoms with van der Waals surface area (Å²) in [5, 5.41) is 0. The molecule has 1 atom stereocenters. The number of carbonyl (C=O) groups is 1. The number of methoxy groups -OCH3 is 1. The van der Waals surface area contributed by atoms with E-state index >= 15 is 0 Å². The second kappa shape index (κ2) is 6.21. The normalized spacial score (nSPS) is 27.8. The molecule has 1 saturated carbocycles. The molecule has 0 aromatic heterocycles. The number of carbonyl (C=O) groups excluding carboxylic acids is 1. The van der Waals surface area contributed by atoms with Gasteiger partial charge in [-0.2, -0.15) is 0 Å². The van der Waals surface area contributed by atoms with E-state index < -0.39 is 0 Å². The molecule has 1 unspecified atom stereocenters. The highest BCUT2D eigenvalue weighted by molar-refractivity contribution is 5.75. The first-order valence-electron chi connectivity index (χ1n) is 6.19. The second-order valence-electron chi connectivity index (χ2n) is 4.60. The van der Waals surface area contributed by atoms with Gasteiger partial charge in [-0.15, -0.1) is 0 Å². The number of nitrogens with two attached hydrogens (primary N) is 1. The van der Waals surface area contributed by atoms with Crippen LogP contribution < -0.4 is 5.73 Å². The van der Waals surface area contributed by atoms with Crippen molar-refractivity contribution in [2.75, 3.05) is 13.7 Å². The minimum atomic E-state index is -0.144. The minimum absolute atomic E-state index is 0.142. The summed E-state index contributed by atoms with van der Waals surface area (Å²) in [5.74, 6) is -0.142. The van der Waals surface area contributed by atoms with Crippen molar-refractivity contribution < 1.29 is 9.53 Å². The molecule has 1 fully saturated rings. The SMILES string of the molecule is CCN(C1CCC(N)CC1)C(C)C(=O)OC. The van der Waals surface area contributed by atoms with Crippen LogP contribution in [0.3, 0.4) is 0 Å². The number of likely N-dealkylation sites (N-methyl/N-ethyl adjacent to an activating group) is 1. The molecule has 94 valence electrons. The van der Waals surface area contributed by atoms with Crippen LogP contribution in [0.15, 0.2) is 0 Å². The Balaban J connectivity index is 2.56. The van der Waals surface area contributed by atoms with Crippen LogP contribution in [0, 0.1) is 0 Å². The Hall–Kier alpha value is -0.610. The quantitative estimate of drug-likeness (QED) is 0.733. The number of hydrogen-bond acceptors (Lipinski definition) is 4.